The van der Waals surface area contributed by atoms with Crippen molar-refractivity contribution in [2.45, 2.75) is 36.6 Å². The highest BCUT2D eigenvalue weighted by Crippen LogP contribution is 2.28. The smallest absolute Gasteiger partial charge is 0.322 e. The summed E-state index contributed by atoms with van der Waals surface area (Å²) in [6, 6.07) is 5.47. The van der Waals surface area contributed by atoms with Crippen LogP contribution in [0.25, 0.3) is 0 Å². The van der Waals surface area contributed by atoms with E-state index in [1.807, 2.05) is 4.90 Å². The number of aliphatic carboxylic acids is 1. The molecule has 0 unspecified atom stereocenters. The van der Waals surface area contributed by atoms with Crippen LogP contribution >= 0.6 is 0 Å². The molecule has 2 fully saturated rings. The lowest BCUT2D eigenvalue weighted by Crippen LogP contribution is -2.40. The molecule has 2 saturated heterocycles. The summed E-state index contributed by atoms with van der Waals surface area (Å²) in [6.07, 6.45) is 1.91. The number of carbonyl (C=O) groups is 2. The molecule has 0 aliphatic carbocycles. The fourth-order valence-electron chi connectivity index (χ4n) is 3.25. The van der Waals surface area contributed by atoms with Gasteiger partial charge in [-0.2, -0.15) is 4.31 Å². The number of hydrogen-bond acceptors (Lipinski definition) is 5. The molecule has 8 heteroatoms. The van der Waals surface area contributed by atoms with Crippen LogP contribution in [0.15, 0.2) is 29.2 Å². The number of carboxylic acids is 1. The summed E-state index contributed by atoms with van der Waals surface area (Å²) in [6.45, 7) is 1.51. The van der Waals surface area contributed by atoms with Crippen molar-refractivity contribution in [3.63, 3.8) is 0 Å². The first-order valence-electron chi connectivity index (χ1n) is 8.01. The first kappa shape index (κ1) is 16.9. The van der Waals surface area contributed by atoms with Crippen LogP contribution < -0.4 is 4.90 Å². The lowest BCUT2D eigenvalue weighted by Gasteiger charge is -2.28. The molecule has 1 atom stereocenters. The van der Waals surface area contributed by atoms with Crippen molar-refractivity contribution in [1.29, 1.82) is 0 Å². The average molecular weight is 352 g/mol. The van der Waals surface area contributed by atoms with Gasteiger partial charge in [-0.1, -0.05) is 0 Å². The monoisotopic (exact) mass is 352 g/mol. The molecule has 0 saturated carbocycles. The van der Waals surface area contributed by atoms with Crippen LogP contribution in [-0.4, -0.2) is 55.3 Å². The van der Waals surface area contributed by atoms with Crippen molar-refractivity contribution >= 4 is 27.5 Å². The Balaban J connectivity index is 1.79. The van der Waals surface area contributed by atoms with Crippen LogP contribution in [0.4, 0.5) is 5.69 Å². The maximum atomic E-state index is 12.7. The fourth-order valence-corrected chi connectivity index (χ4v) is 4.90. The molecule has 24 heavy (non-hydrogen) atoms. The number of benzene rings is 1. The van der Waals surface area contributed by atoms with E-state index in [0.29, 0.717) is 38.8 Å². The van der Waals surface area contributed by atoms with Gasteiger partial charge in [-0.25, -0.2) is 8.42 Å². The summed E-state index contributed by atoms with van der Waals surface area (Å²) < 4.78 is 26.4. The van der Waals surface area contributed by atoms with Gasteiger partial charge in [-0.3, -0.25) is 9.59 Å². The van der Waals surface area contributed by atoms with Gasteiger partial charge in [0.05, 0.1) is 4.90 Å². The Morgan fingerprint density at radius 2 is 1.71 bits per heavy atom. The number of anilines is 1. The van der Waals surface area contributed by atoms with Crippen LogP contribution in [0, 0.1) is 0 Å². The standard InChI is InChI=1S/C16H20N2O5S/c19-13-7-10-17(11-8-13)12-3-5-14(6-4-12)24(22,23)18-9-1-2-15(18)16(20)21/h3-6,15H,1-2,7-11H2,(H,20,21)/t15-/m1/s1. The van der Waals surface area contributed by atoms with E-state index in [4.69, 9.17) is 0 Å². The van der Waals surface area contributed by atoms with E-state index in [1.54, 1.807) is 12.1 Å². The summed E-state index contributed by atoms with van der Waals surface area (Å²) in [5.74, 6) is -0.857. The van der Waals surface area contributed by atoms with Crippen molar-refractivity contribution in [3.05, 3.63) is 24.3 Å². The van der Waals surface area contributed by atoms with Gasteiger partial charge in [0.25, 0.3) is 0 Å². The molecule has 130 valence electrons. The molecule has 3 rings (SSSR count). The fraction of sp³-hybridized carbons (Fsp3) is 0.500. The normalized spacial score (nSPS) is 22.8. The van der Waals surface area contributed by atoms with Crippen LogP contribution in [-0.2, 0) is 19.6 Å². The summed E-state index contributed by atoms with van der Waals surface area (Å²) in [4.78, 5) is 24.7. The zero-order valence-corrected chi connectivity index (χ0v) is 14.0. The van der Waals surface area contributed by atoms with Gasteiger partial charge in [-0.05, 0) is 37.1 Å². The first-order chi connectivity index (χ1) is 11.4. The number of hydrogen-bond donors (Lipinski definition) is 1. The van der Waals surface area contributed by atoms with Crippen molar-refractivity contribution in [2.24, 2.45) is 0 Å². The summed E-state index contributed by atoms with van der Waals surface area (Å²) in [5, 5.41) is 9.19. The maximum absolute atomic E-state index is 12.7. The highest BCUT2D eigenvalue weighted by molar-refractivity contribution is 7.89. The summed E-state index contributed by atoms with van der Waals surface area (Å²) in [5.41, 5.74) is 0.873. The topological polar surface area (TPSA) is 95.0 Å². The highest BCUT2D eigenvalue weighted by Gasteiger charge is 2.39. The molecule has 0 bridgehead atoms. The molecule has 2 aliphatic heterocycles. The Labute approximate surface area is 140 Å². The minimum Gasteiger partial charge on any atom is -0.480 e. The third-order valence-corrected chi connectivity index (χ3v) is 6.54. The number of Topliss-reactive ketones (excluding diaryl/α,β-unsaturated/α-hetero) is 1. The molecule has 1 aromatic rings. The van der Waals surface area contributed by atoms with Gasteiger partial charge in [0, 0.05) is 38.2 Å². The second-order valence-corrected chi connectivity index (χ2v) is 8.02. The largest absolute Gasteiger partial charge is 0.480 e. The highest BCUT2D eigenvalue weighted by atomic mass is 32.2. The second-order valence-electron chi connectivity index (χ2n) is 6.13. The average Bonchev–Trinajstić information content (AvgIpc) is 3.06. The number of piperidine rings is 1. The van der Waals surface area contributed by atoms with Gasteiger partial charge in [0.1, 0.15) is 11.8 Å². The van der Waals surface area contributed by atoms with Gasteiger partial charge in [-0.15, -0.1) is 0 Å². The zero-order valence-electron chi connectivity index (χ0n) is 13.2. The minimum atomic E-state index is -3.81. The zero-order chi connectivity index (χ0) is 17.3. The van der Waals surface area contributed by atoms with E-state index in [0.717, 1.165) is 9.99 Å². The van der Waals surface area contributed by atoms with Gasteiger partial charge >= 0.3 is 5.97 Å². The third kappa shape index (κ3) is 3.16. The third-order valence-electron chi connectivity index (χ3n) is 4.62. The van der Waals surface area contributed by atoms with Crippen molar-refractivity contribution in [1.82, 2.24) is 4.31 Å². The lowest BCUT2D eigenvalue weighted by molar-refractivity contribution is -0.140. The van der Waals surface area contributed by atoms with E-state index in [2.05, 4.69) is 0 Å². The molecule has 2 heterocycles. The summed E-state index contributed by atoms with van der Waals surface area (Å²) in [7, 11) is -3.81. The second kappa shape index (κ2) is 6.52. The molecule has 0 radical (unpaired) electrons. The molecular weight excluding hydrogens is 332 g/mol. The van der Waals surface area contributed by atoms with Crippen LogP contribution in [0.5, 0.6) is 0 Å². The molecular formula is C16H20N2O5S. The van der Waals surface area contributed by atoms with Gasteiger partial charge in [0.2, 0.25) is 10.0 Å². The van der Waals surface area contributed by atoms with Crippen LogP contribution in [0.1, 0.15) is 25.7 Å². The molecule has 0 spiro atoms. The minimum absolute atomic E-state index is 0.104. The predicted octanol–water partition coefficient (Wildman–Crippen LogP) is 1.09. The number of carboxylic acid groups (broad SMARTS) is 1. The molecule has 1 N–H and O–H groups in total. The number of nitrogens with zero attached hydrogens (tertiary/aromatic N) is 2. The Morgan fingerprint density at radius 3 is 2.29 bits per heavy atom. The molecule has 0 amide bonds. The Kier molecular flexibility index (Phi) is 4.60. The Hall–Kier alpha value is -1.93. The predicted molar refractivity (Wildman–Crippen MR) is 87.4 cm³/mol. The van der Waals surface area contributed by atoms with E-state index in [1.165, 1.54) is 12.1 Å². The molecule has 1 aromatic carbocycles. The SMILES string of the molecule is O=C1CCN(c2ccc(S(=O)(=O)N3CCC[C@@H]3C(=O)O)cc2)CC1. The van der Waals surface area contributed by atoms with Crippen LogP contribution in [0.3, 0.4) is 0 Å². The molecule has 7 nitrogen and oxygen atoms in total. The molecule has 0 aromatic heterocycles. The van der Waals surface area contributed by atoms with Gasteiger partial charge < -0.3 is 10.0 Å². The van der Waals surface area contributed by atoms with E-state index >= 15 is 0 Å². The molecule has 2 aliphatic rings. The van der Waals surface area contributed by atoms with E-state index in [9.17, 15) is 23.1 Å². The number of ketones is 1. The summed E-state index contributed by atoms with van der Waals surface area (Å²) >= 11 is 0. The van der Waals surface area contributed by atoms with Gasteiger partial charge in [0.15, 0.2) is 0 Å². The van der Waals surface area contributed by atoms with Crippen molar-refractivity contribution < 1.29 is 23.1 Å². The van der Waals surface area contributed by atoms with E-state index in [-0.39, 0.29) is 17.2 Å². The Morgan fingerprint density at radius 1 is 1.08 bits per heavy atom. The number of sulfonamides is 1. The Bertz CT molecular complexity index is 734. The first-order valence-corrected chi connectivity index (χ1v) is 9.45. The van der Waals surface area contributed by atoms with Crippen molar-refractivity contribution in [3.8, 4) is 0 Å². The maximum Gasteiger partial charge on any atom is 0.322 e. The quantitative estimate of drug-likeness (QED) is 0.872. The lowest BCUT2D eigenvalue weighted by atomic mass is 10.1. The van der Waals surface area contributed by atoms with Crippen molar-refractivity contribution in [2.75, 3.05) is 24.5 Å². The number of carbonyl (C=O) groups excluding carboxylic acids is 1. The van der Waals surface area contributed by atoms with Crippen LogP contribution in [0.2, 0.25) is 0 Å². The van der Waals surface area contributed by atoms with E-state index < -0.39 is 22.0 Å². The number of rotatable bonds is 4.